The van der Waals surface area contributed by atoms with Gasteiger partial charge in [0.2, 0.25) is 17.4 Å². The van der Waals surface area contributed by atoms with Gasteiger partial charge in [-0.15, -0.1) is 10.2 Å². The first-order valence-electron chi connectivity index (χ1n) is 7.12. The summed E-state index contributed by atoms with van der Waals surface area (Å²) in [6, 6.07) is 0. The van der Waals surface area contributed by atoms with E-state index in [1.54, 1.807) is 0 Å². The normalized spacial score (nSPS) is 11.3. The molecule has 0 aromatic carbocycles. The van der Waals surface area contributed by atoms with Gasteiger partial charge in [-0.05, 0) is 26.7 Å². The molecule has 1 N–H and O–H groups in total. The topological polar surface area (TPSA) is 85.3 Å². The lowest BCUT2D eigenvalue weighted by Crippen LogP contribution is -2.27. The average molecular weight is 291 g/mol. The lowest BCUT2D eigenvalue weighted by atomic mass is 10.2. The second-order valence-electron chi connectivity index (χ2n) is 5.10. The fourth-order valence-corrected chi connectivity index (χ4v) is 2.14. The van der Waals surface area contributed by atoms with E-state index in [9.17, 15) is 4.79 Å². The van der Waals surface area contributed by atoms with Gasteiger partial charge in [-0.25, -0.2) is 0 Å². The molecule has 2 aromatic heterocycles. The van der Waals surface area contributed by atoms with E-state index in [2.05, 4.69) is 24.0 Å². The van der Waals surface area contributed by atoms with Gasteiger partial charge in [0.25, 0.3) is 0 Å². The lowest BCUT2D eigenvalue weighted by Gasteiger charge is -2.17. The maximum Gasteiger partial charge on any atom is 0.249 e. The molecule has 0 amide bonds. The molecule has 2 aromatic rings. The molecule has 7 nitrogen and oxygen atoms in total. The third-order valence-corrected chi connectivity index (χ3v) is 3.69. The fraction of sp³-hybridized carbons (Fsp3) is 0.571. The molecular weight excluding hydrogens is 270 g/mol. The van der Waals surface area contributed by atoms with Crippen LogP contribution in [0.4, 0.5) is 0 Å². The van der Waals surface area contributed by atoms with E-state index in [4.69, 9.17) is 10.1 Å². The Balaban J connectivity index is 2.64. The van der Waals surface area contributed by atoms with Crippen molar-refractivity contribution in [3.8, 4) is 5.88 Å². The number of ether oxygens (including phenoxy) is 1. The Hall–Kier alpha value is -2.18. The van der Waals surface area contributed by atoms with Crippen molar-refractivity contribution in [3.63, 3.8) is 0 Å². The minimum Gasteiger partial charge on any atom is -0.473 e. The molecule has 21 heavy (non-hydrogen) atoms. The monoisotopic (exact) mass is 291 g/mol. The number of carbonyl (C=O) groups excluding carboxylic acids is 1. The summed E-state index contributed by atoms with van der Waals surface area (Å²) >= 11 is 0. The summed E-state index contributed by atoms with van der Waals surface area (Å²) in [4.78, 5) is 11.5. The van der Waals surface area contributed by atoms with Crippen molar-refractivity contribution < 1.29 is 9.53 Å². The molecule has 0 radical (unpaired) electrons. The van der Waals surface area contributed by atoms with Gasteiger partial charge >= 0.3 is 0 Å². The quantitative estimate of drug-likeness (QED) is 0.931. The van der Waals surface area contributed by atoms with Gasteiger partial charge in [-0.3, -0.25) is 10.2 Å². The van der Waals surface area contributed by atoms with Crippen molar-refractivity contribution in [1.82, 2.24) is 19.4 Å². The number of hydrogen-bond acceptors (Lipinski definition) is 5. The minimum atomic E-state index is -0.315. The van der Waals surface area contributed by atoms with Crippen LogP contribution < -0.4 is 10.4 Å². The van der Waals surface area contributed by atoms with Crippen LogP contribution in [0, 0.1) is 19.3 Å². The Morgan fingerprint density at radius 3 is 2.38 bits per heavy atom. The van der Waals surface area contributed by atoms with Crippen LogP contribution in [0.5, 0.6) is 5.88 Å². The molecule has 0 aliphatic carbocycles. The van der Waals surface area contributed by atoms with E-state index >= 15 is 0 Å². The molecule has 0 saturated carbocycles. The predicted molar refractivity (Wildman–Crippen MR) is 77.6 cm³/mol. The van der Waals surface area contributed by atoms with Gasteiger partial charge in [-0.2, -0.15) is 9.20 Å². The second-order valence-corrected chi connectivity index (χ2v) is 5.10. The molecule has 0 bridgehead atoms. The van der Waals surface area contributed by atoms with E-state index in [-0.39, 0.29) is 17.6 Å². The maximum atomic E-state index is 11.5. The average Bonchev–Trinajstić information content (AvgIpc) is 2.79. The summed E-state index contributed by atoms with van der Waals surface area (Å²) in [6.07, 6.45) is 1.87. The number of aromatic nitrogens is 4. The van der Waals surface area contributed by atoms with Crippen molar-refractivity contribution in [3.05, 3.63) is 16.7 Å². The highest BCUT2D eigenvalue weighted by Gasteiger charge is 2.17. The molecule has 2 rings (SSSR count). The highest BCUT2D eigenvalue weighted by atomic mass is 16.5. The number of rotatable bonds is 4. The van der Waals surface area contributed by atoms with Crippen molar-refractivity contribution in [2.45, 2.75) is 53.6 Å². The number of carbonyl (C=O) groups is 1. The van der Waals surface area contributed by atoms with Crippen molar-refractivity contribution in [2.24, 2.45) is 0 Å². The molecule has 114 valence electrons. The van der Waals surface area contributed by atoms with Gasteiger partial charge in [0, 0.05) is 18.1 Å². The van der Waals surface area contributed by atoms with Gasteiger partial charge in [0.15, 0.2) is 5.65 Å². The Morgan fingerprint density at radius 1 is 1.24 bits per heavy atom. The zero-order chi connectivity index (χ0) is 15.7. The third kappa shape index (κ3) is 2.55. The Morgan fingerprint density at radius 2 is 1.86 bits per heavy atom. The Bertz CT molecular complexity index is 740. The first kappa shape index (κ1) is 15.2. The summed E-state index contributed by atoms with van der Waals surface area (Å²) in [5.41, 5.74) is 2.18. The summed E-state index contributed by atoms with van der Waals surface area (Å²) < 4.78 is 8.31. The van der Waals surface area contributed by atoms with Gasteiger partial charge < -0.3 is 4.74 Å². The van der Waals surface area contributed by atoms with Gasteiger partial charge in [0.1, 0.15) is 0 Å². The number of hydrogen-bond donors (Lipinski definition) is 1. The molecular formula is C14H21N5O2. The summed E-state index contributed by atoms with van der Waals surface area (Å²) in [5.74, 6) is 0.181. The van der Waals surface area contributed by atoms with Crippen LogP contribution in [0.3, 0.4) is 0 Å². The van der Waals surface area contributed by atoms with E-state index < -0.39 is 0 Å². The summed E-state index contributed by atoms with van der Waals surface area (Å²) in [5, 5.41) is 16.5. The van der Waals surface area contributed by atoms with Crippen LogP contribution in [0.25, 0.3) is 5.65 Å². The largest absolute Gasteiger partial charge is 0.473 e. The standard InChI is InChI=1S/C14H21N5O2/c1-6-11(7-2)21-13-9(4)8(3)12-16-18(10(5)20)14(15)19(12)17-13/h11,15H,6-7H2,1-5H3. The van der Waals surface area contributed by atoms with Crippen LogP contribution in [-0.4, -0.2) is 31.4 Å². The molecule has 0 saturated heterocycles. The van der Waals surface area contributed by atoms with Crippen molar-refractivity contribution in [1.29, 1.82) is 5.41 Å². The first-order valence-corrected chi connectivity index (χ1v) is 7.12. The highest BCUT2D eigenvalue weighted by Crippen LogP contribution is 2.22. The maximum absolute atomic E-state index is 11.5. The lowest BCUT2D eigenvalue weighted by molar-refractivity contribution is 0.0914. The van der Waals surface area contributed by atoms with Crippen molar-refractivity contribution in [2.75, 3.05) is 0 Å². The molecule has 7 heteroatoms. The SMILES string of the molecule is CCC(CC)Oc1nn2c(=N)n(C(C)=O)nc2c(C)c1C. The fourth-order valence-electron chi connectivity index (χ4n) is 2.14. The Labute approximate surface area is 123 Å². The summed E-state index contributed by atoms with van der Waals surface area (Å²) in [7, 11) is 0. The molecule has 0 unspecified atom stereocenters. The van der Waals surface area contributed by atoms with Gasteiger partial charge in [0.05, 0.1) is 6.10 Å². The van der Waals surface area contributed by atoms with E-state index in [0.29, 0.717) is 11.5 Å². The third-order valence-electron chi connectivity index (χ3n) is 3.69. The first-order chi connectivity index (χ1) is 9.90. The van der Waals surface area contributed by atoms with E-state index in [0.717, 1.165) is 28.7 Å². The van der Waals surface area contributed by atoms with Crippen LogP contribution in [0.1, 0.15) is 49.5 Å². The molecule has 0 fully saturated rings. The van der Waals surface area contributed by atoms with Crippen LogP contribution in [0.2, 0.25) is 0 Å². The Kier molecular flexibility index (Phi) is 4.11. The smallest absolute Gasteiger partial charge is 0.249 e. The summed E-state index contributed by atoms with van der Waals surface area (Å²) in [6.45, 7) is 9.30. The molecule has 0 atom stereocenters. The predicted octanol–water partition coefficient (Wildman–Crippen LogP) is 1.85. The van der Waals surface area contributed by atoms with Gasteiger partial charge in [-0.1, -0.05) is 13.8 Å². The molecule has 2 heterocycles. The minimum absolute atomic E-state index is 0.0741. The van der Waals surface area contributed by atoms with E-state index in [1.165, 1.54) is 11.4 Å². The number of aryl methyl sites for hydroxylation is 1. The van der Waals surface area contributed by atoms with E-state index in [1.807, 2.05) is 13.8 Å². The zero-order valence-corrected chi connectivity index (χ0v) is 13.1. The second kappa shape index (κ2) is 5.67. The van der Waals surface area contributed by atoms with Crippen LogP contribution in [0.15, 0.2) is 0 Å². The zero-order valence-electron chi connectivity index (χ0n) is 13.1. The number of nitrogens with one attached hydrogen (secondary N) is 1. The molecule has 0 aliphatic heterocycles. The van der Waals surface area contributed by atoms with Crippen LogP contribution >= 0.6 is 0 Å². The number of nitrogens with zero attached hydrogens (tertiary/aromatic N) is 4. The highest BCUT2D eigenvalue weighted by molar-refractivity contribution is 5.75. The van der Waals surface area contributed by atoms with Crippen LogP contribution in [-0.2, 0) is 0 Å². The number of fused-ring (bicyclic) bond motifs is 1. The molecule has 0 aliphatic rings. The molecule has 0 spiro atoms. The van der Waals surface area contributed by atoms with Crippen molar-refractivity contribution >= 4 is 11.6 Å².